The van der Waals surface area contributed by atoms with E-state index in [4.69, 9.17) is 15.6 Å². The maximum absolute atomic E-state index is 8.67. The molecule has 4 heteroatoms. The van der Waals surface area contributed by atoms with E-state index in [9.17, 15) is 0 Å². The summed E-state index contributed by atoms with van der Waals surface area (Å²) < 4.78 is 5.36. The van der Waals surface area contributed by atoms with Crippen molar-refractivity contribution in [3.05, 3.63) is 0 Å². The molecule has 1 heterocycles. The third-order valence-corrected chi connectivity index (χ3v) is 3.33. The van der Waals surface area contributed by atoms with Gasteiger partial charge in [-0.1, -0.05) is 0 Å². The normalized spacial score (nSPS) is 19.9. The summed E-state index contributed by atoms with van der Waals surface area (Å²) in [6, 6.07) is 0.443. The number of hydrogen-bond donors (Lipinski definition) is 3. The van der Waals surface area contributed by atoms with Crippen molar-refractivity contribution < 1.29 is 9.84 Å². The van der Waals surface area contributed by atoms with E-state index < -0.39 is 0 Å². The molecule has 0 amide bonds. The number of aliphatic hydroxyl groups excluding tert-OH is 1. The molecule has 16 heavy (non-hydrogen) atoms. The Bertz CT molecular complexity index is 161. The SMILES string of the molecule is NCC(NCCCCCO)C1CCOCC1. The van der Waals surface area contributed by atoms with E-state index in [0.29, 0.717) is 25.1 Å². The van der Waals surface area contributed by atoms with E-state index in [2.05, 4.69) is 5.32 Å². The average Bonchev–Trinajstić information content (AvgIpc) is 2.35. The van der Waals surface area contributed by atoms with Crippen LogP contribution in [0, 0.1) is 5.92 Å². The second-order valence-electron chi connectivity index (χ2n) is 4.53. The number of hydrogen-bond acceptors (Lipinski definition) is 4. The van der Waals surface area contributed by atoms with Crippen molar-refractivity contribution in [2.45, 2.75) is 38.1 Å². The molecular weight excluding hydrogens is 204 g/mol. The fourth-order valence-electron chi connectivity index (χ4n) is 2.26. The lowest BCUT2D eigenvalue weighted by molar-refractivity contribution is 0.0547. The van der Waals surface area contributed by atoms with Crippen LogP contribution in [0.15, 0.2) is 0 Å². The van der Waals surface area contributed by atoms with Crippen LogP contribution in [0.2, 0.25) is 0 Å². The first-order valence-electron chi connectivity index (χ1n) is 6.50. The van der Waals surface area contributed by atoms with Gasteiger partial charge in [-0.3, -0.25) is 0 Å². The van der Waals surface area contributed by atoms with Gasteiger partial charge in [0.15, 0.2) is 0 Å². The average molecular weight is 230 g/mol. The van der Waals surface area contributed by atoms with E-state index in [-0.39, 0.29) is 0 Å². The summed E-state index contributed by atoms with van der Waals surface area (Å²) in [5, 5.41) is 12.2. The van der Waals surface area contributed by atoms with Gasteiger partial charge < -0.3 is 20.9 Å². The molecule has 4 nitrogen and oxygen atoms in total. The molecule has 1 rings (SSSR count). The predicted molar refractivity (Wildman–Crippen MR) is 65.3 cm³/mol. The van der Waals surface area contributed by atoms with Gasteiger partial charge in [-0.05, 0) is 44.6 Å². The van der Waals surface area contributed by atoms with Crippen molar-refractivity contribution in [1.29, 1.82) is 0 Å². The fraction of sp³-hybridized carbons (Fsp3) is 1.00. The molecule has 0 saturated carbocycles. The molecule has 0 aromatic carbocycles. The second kappa shape index (κ2) is 8.93. The van der Waals surface area contributed by atoms with Crippen molar-refractivity contribution in [2.24, 2.45) is 11.7 Å². The number of ether oxygens (including phenoxy) is 1. The van der Waals surface area contributed by atoms with Gasteiger partial charge in [0.25, 0.3) is 0 Å². The Labute approximate surface area is 98.5 Å². The Morgan fingerprint density at radius 1 is 1.25 bits per heavy atom. The molecule has 0 radical (unpaired) electrons. The third kappa shape index (κ3) is 5.25. The number of nitrogens with two attached hydrogens (primary N) is 1. The zero-order valence-electron chi connectivity index (χ0n) is 10.2. The fourth-order valence-corrected chi connectivity index (χ4v) is 2.26. The van der Waals surface area contributed by atoms with Crippen LogP contribution in [0.1, 0.15) is 32.1 Å². The van der Waals surface area contributed by atoms with Gasteiger partial charge in [-0.2, -0.15) is 0 Å². The van der Waals surface area contributed by atoms with Gasteiger partial charge in [-0.25, -0.2) is 0 Å². The molecule has 1 saturated heterocycles. The van der Waals surface area contributed by atoms with Crippen molar-refractivity contribution in [2.75, 3.05) is 32.9 Å². The lowest BCUT2D eigenvalue weighted by Crippen LogP contribution is -2.44. The van der Waals surface area contributed by atoms with Crippen LogP contribution in [-0.4, -0.2) is 44.1 Å². The Hall–Kier alpha value is -0.160. The highest BCUT2D eigenvalue weighted by atomic mass is 16.5. The number of rotatable bonds is 8. The molecular formula is C12H26N2O2. The monoisotopic (exact) mass is 230 g/mol. The minimum Gasteiger partial charge on any atom is -0.396 e. The van der Waals surface area contributed by atoms with Gasteiger partial charge in [-0.15, -0.1) is 0 Å². The Balaban J connectivity index is 2.10. The summed E-state index contributed by atoms with van der Waals surface area (Å²) in [6.07, 6.45) is 5.39. The summed E-state index contributed by atoms with van der Waals surface area (Å²) >= 11 is 0. The minimum absolute atomic E-state index is 0.306. The Morgan fingerprint density at radius 2 is 2.00 bits per heavy atom. The van der Waals surface area contributed by atoms with E-state index in [1.165, 1.54) is 0 Å². The van der Waals surface area contributed by atoms with Crippen LogP contribution in [0.5, 0.6) is 0 Å². The lowest BCUT2D eigenvalue weighted by Gasteiger charge is -2.30. The maximum atomic E-state index is 8.67. The minimum atomic E-state index is 0.306. The highest BCUT2D eigenvalue weighted by Crippen LogP contribution is 2.18. The van der Waals surface area contributed by atoms with Crippen LogP contribution in [0.25, 0.3) is 0 Å². The predicted octanol–water partition coefficient (Wildman–Crippen LogP) is 0.492. The van der Waals surface area contributed by atoms with Gasteiger partial charge in [0.1, 0.15) is 0 Å². The maximum Gasteiger partial charge on any atom is 0.0469 e. The molecule has 0 bridgehead atoms. The van der Waals surface area contributed by atoms with Gasteiger partial charge in [0, 0.05) is 32.4 Å². The summed E-state index contributed by atoms with van der Waals surface area (Å²) in [6.45, 7) is 3.80. The molecule has 1 fully saturated rings. The largest absolute Gasteiger partial charge is 0.396 e. The summed E-state index contributed by atoms with van der Waals surface area (Å²) in [5.74, 6) is 0.677. The molecule has 1 aliphatic rings. The first-order valence-corrected chi connectivity index (χ1v) is 6.50. The quantitative estimate of drug-likeness (QED) is 0.531. The van der Waals surface area contributed by atoms with Crippen molar-refractivity contribution >= 4 is 0 Å². The Morgan fingerprint density at radius 3 is 2.62 bits per heavy atom. The lowest BCUT2D eigenvalue weighted by atomic mass is 9.91. The first-order chi connectivity index (χ1) is 7.88. The Kier molecular flexibility index (Phi) is 7.76. The van der Waals surface area contributed by atoms with Crippen LogP contribution in [0.3, 0.4) is 0 Å². The summed E-state index contributed by atoms with van der Waals surface area (Å²) in [7, 11) is 0. The zero-order valence-corrected chi connectivity index (χ0v) is 10.2. The summed E-state index contributed by atoms with van der Waals surface area (Å²) in [4.78, 5) is 0. The molecule has 96 valence electrons. The van der Waals surface area contributed by atoms with Crippen LogP contribution in [0.4, 0.5) is 0 Å². The van der Waals surface area contributed by atoms with Gasteiger partial charge in [0.05, 0.1) is 0 Å². The van der Waals surface area contributed by atoms with Crippen LogP contribution < -0.4 is 11.1 Å². The second-order valence-corrected chi connectivity index (χ2v) is 4.53. The first kappa shape index (κ1) is 13.9. The molecule has 0 aromatic rings. The standard InChI is InChI=1S/C12H26N2O2/c13-10-12(11-4-8-16-9-5-11)14-6-2-1-3-7-15/h11-12,14-15H,1-10,13H2. The molecule has 0 aromatic heterocycles. The number of nitrogens with one attached hydrogen (secondary N) is 1. The number of aliphatic hydroxyl groups is 1. The van der Waals surface area contributed by atoms with Crippen LogP contribution in [-0.2, 0) is 4.74 Å². The van der Waals surface area contributed by atoms with E-state index in [1.54, 1.807) is 0 Å². The molecule has 0 aliphatic carbocycles. The molecule has 4 N–H and O–H groups in total. The van der Waals surface area contributed by atoms with Gasteiger partial charge >= 0.3 is 0 Å². The van der Waals surface area contributed by atoms with Gasteiger partial charge in [0.2, 0.25) is 0 Å². The van der Waals surface area contributed by atoms with Crippen LogP contribution >= 0.6 is 0 Å². The summed E-state index contributed by atoms with van der Waals surface area (Å²) in [5.41, 5.74) is 5.80. The van der Waals surface area contributed by atoms with E-state index in [0.717, 1.165) is 51.9 Å². The van der Waals surface area contributed by atoms with Crippen molar-refractivity contribution in [1.82, 2.24) is 5.32 Å². The molecule has 1 atom stereocenters. The molecule has 1 aliphatic heterocycles. The zero-order chi connectivity index (χ0) is 11.6. The highest BCUT2D eigenvalue weighted by molar-refractivity contribution is 4.79. The molecule has 0 spiro atoms. The molecule has 1 unspecified atom stereocenters. The van der Waals surface area contributed by atoms with Crippen molar-refractivity contribution in [3.8, 4) is 0 Å². The van der Waals surface area contributed by atoms with E-state index in [1.807, 2.05) is 0 Å². The topological polar surface area (TPSA) is 67.5 Å². The third-order valence-electron chi connectivity index (χ3n) is 3.33. The highest BCUT2D eigenvalue weighted by Gasteiger charge is 2.21. The van der Waals surface area contributed by atoms with E-state index >= 15 is 0 Å². The van der Waals surface area contributed by atoms with Crippen molar-refractivity contribution in [3.63, 3.8) is 0 Å². The number of unbranched alkanes of at least 4 members (excludes halogenated alkanes) is 2. The smallest absolute Gasteiger partial charge is 0.0469 e.